The number of halogens is 1. The molecule has 0 radical (unpaired) electrons. The van der Waals surface area contributed by atoms with E-state index in [0.717, 1.165) is 13.1 Å². The molecule has 0 N–H and O–H groups in total. The minimum Gasteiger partial charge on any atom is -0.380 e. The first-order valence-corrected chi connectivity index (χ1v) is 7.26. The van der Waals surface area contributed by atoms with Crippen molar-refractivity contribution in [2.75, 3.05) is 20.2 Å². The molecule has 1 aromatic carbocycles. The molecule has 2 unspecified atom stereocenters. The molecule has 17 heavy (non-hydrogen) atoms. The molecule has 0 aromatic heterocycles. The SMILES string of the molecule is COC1CN(Cc2ccc(I)cc2)CCC1C. The van der Waals surface area contributed by atoms with E-state index in [1.165, 1.54) is 22.1 Å². The van der Waals surface area contributed by atoms with Gasteiger partial charge in [0, 0.05) is 23.8 Å². The van der Waals surface area contributed by atoms with Gasteiger partial charge in [0.05, 0.1) is 6.10 Å². The molecule has 1 aliphatic heterocycles. The van der Waals surface area contributed by atoms with E-state index >= 15 is 0 Å². The second-order valence-electron chi connectivity index (χ2n) is 4.90. The predicted octanol–water partition coefficient (Wildman–Crippen LogP) is 3.15. The van der Waals surface area contributed by atoms with Gasteiger partial charge in [-0.25, -0.2) is 0 Å². The van der Waals surface area contributed by atoms with E-state index in [9.17, 15) is 0 Å². The van der Waals surface area contributed by atoms with E-state index in [1.807, 2.05) is 7.11 Å². The normalized spacial score (nSPS) is 26.1. The lowest BCUT2D eigenvalue weighted by Crippen LogP contribution is -2.43. The van der Waals surface area contributed by atoms with Crippen LogP contribution in [0.2, 0.25) is 0 Å². The van der Waals surface area contributed by atoms with Gasteiger partial charge in [0.25, 0.3) is 0 Å². The lowest BCUT2D eigenvalue weighted by molar-refractivity contribution is -0.00744. The van der Waals surface area contributed by atoms with Crippen LogP contribution >= 0.6 is 22.6 Å². The number of hydrogen-bond acceptors (Lipinski definition) is 2. The van der Waals surface area contributed by atoms with Crippen LogP contribution in [-0.2, 0) is 11.3 Å². The fraction of sp³-hybridized carbons (Fsp3) is 0.571. The molecule has 0 bridgehead atoms. The molecule has 0 amide bonds. The zero-order valence-electron chi connectivity index (χ0n) is 10.5. The van der Waals surface area contributed by atoms with Crippen LogP contribution < -0.4 is 0 Å². The maximum atomic E-state index is 5.55. The lowest BCUT2D eigenvalue weighted by Gasteiger charge is -2.36. The minimum absolute atomic E-state index is 0.396. The van der Waals surface area contributed by atoms with Crippen LogP contribution in [0.3, 0.4) is 0 Å². The molecule has 1 saturated heterocycles. The standard InChI is InChI=1S/C14H20INO/c1-11-7-8-16(10-14(11)17-2)9-12-3-5-13(15)6-4-12/h3-6,11,14H,7-10H2,1-2H3. The van der Waals surface area contributed by atoms with Crippen molar-refractivity contribution in [3.05, 3.63) is 33.4 Å². The number of benzene rings is 1. The van der Waals surface area contributed by atoms with Crippen molar-refractivity contribution in [1.82, 2.24) is 4.90 Å². The molecule has 1 aliphatic rings. The van der Waals surface area contributed by atoms with Crippen molar-refractivity contribution in [3.8, 4) is 0 Å². The number of ether oxygens (including phenoxy) is 1. The van der Waals surface area contributed by atoms with Crippen LogP contribution in [0.25, 0.3) is 0 Å². The van der Waals surface area contributed by atoms with E-state index in [0.29, 0.717) is 12.0 Å². The maximum absolute atomic E-state index is 5.55. The first kappa shape index (κ1) is 13.3. The molecule has 3 heteroatoms. The molecule has 1 heterocycles. The van der Waals surface area contributed by atoms with Crippen LogP contribution in [0.4, 0.5) is 0 Å². The summed E-state index contributed by atoms with van der Waals surface area (Å²) in [6.45, 7) is 5.58. The van der Waals surface area contributed by atoms with Gasteiger partial charge in [-0.1, -0.05) is 19.1 Å². The number of piperidine rings is 1. The van der Waals surface area contributed by atoms with Gasteiger partial charge in [0.15, 0.2) is 0 Å². The van der Waals surface area contributed by atoms with Gasteiger partial charge in [0.2, 0.25) is 0 Å². The van der Waals surface area contributed by atoms with Gasteiger partial charge in [-0.3, -0.25) is 4.90 Å². The van der Waals surface area contributed by atoms with Crippen LogP contribution in [0.1, 0.15) is 18.9 Å². The van der Waals surface area contributed by atoms with Gasteiger partial charge in [-0.2, -0.15) is 0 Å². The van der Waals surface area contributed by atoms with Crippen molar-refractivity contribution < 1.29 is 4.74 Å². The monoisotopic (exact) mass is 345 g/mol. The Hall–Kier alpha value is -0.130. The molecule has 94 valence electrons. The Bertz CT molecular complexity index is 352. The number of nitrogens with zero attached hydrogens (tertiary/aromatic N) is 1. The quantitative estimate of drug-likeness (QED) is 0.781. The minimum atomic E-state index is 0.396. The summed E-state index contributed by atoms with van der Waals surface area (Å²) in [6.07, 6.45) is 1.63. The summed E-state index contributed by atoms with van der Waals surface area (Å²) in [4.78, 5) is 2.50. The third-order valence-electron chi connectivity index (χ3n) is 3.60. The molecule has 0 saturated carbocycles. The van der Waals surface area contributed by atoms with Gasteiger partial charge < -0.3 is 4.74 Å². The summed E-state index contributed by atoms with van der Waals surface area (Å²) in [7, 11) is 1.83. The summed E-state index contributed by atoms with van der Waals surface area (Å²) < 4.78 is 6.85. The zero-order chi connectivity index (χ0) is 12.3. The number of likely N-dealkylation sites (tertiary alicyclic amines) is 1. The van der Waals surface area contributed by atoms with Crippen LogP contribution in [-0.4, -0.2) is 31.2 Å². The van der Waals surface area contributed by atoms with Crippen molar-refractivity contribution >= 4 is 22.6 Å². The molecular formula is C14H20INO. The molecule has 0 spiro atoms. The molecule has 2 nitrogen and oxygen atoms in total. The van der Waals surface area contributed by atoms with E-state index < -0.39 is 0 Å². The maximum Gasteiger partial charge on any atom is 0.0724 e. The predicted molar refractivity (Wildman–Crippen MR) is 79.0 cm³/mol. The van der Waals surface area contributed by atoms with Crippen LogP contribution in [0.5, 0.6) is 0 Å². The Morgan fingerprint density at radius 3 is 2.71 bits per heavy atom. The Morgan fingerprint density at radius 2 is 2.06 bits per heavy atom. The summed E-state index contributed by atoms with van der Waals surface area (Å²) in [5, 5.41) is 0. The highest BCUT2D eigenvalue weighted by Gasteiger charge is 2.25. The van der Waals surface area contributed by atoms with E-state index in [4.69, 9.17) is 4.74 Å². The molecule has 2 atom stereocenters. The Balaban J connectivity index is 1.93. The average Bonchev–Trinajstić information content (AvgIpc) is 2.34. The Labute approximate surface area is 117 Å². The molecule has 0 aliphatic carbocycles. The molecule has 1 fully saturated rings. The highest BCUT2D eigenvalue weighted by Crippen LogP contribution is 2.21. The topological polar surface area (TPSA) is 12.5 Å². The second kappa shape index (κ2) is 6.16. The Morgan fingerprint density at radius 1 is 1.35 bits per heavy atom. The van der Waals surface area contributed by atoms with Crippen molar-refractivity contribution in [1.29, 1.82) is 0 Å². The summed E-state index contributed by atoms with van der Waals surface area (Å²) >= 11 is 2.35. The average molecular weight is 345 g/mol. The van der Waals surface area contributed by atoms with Gasteiger partial charge in [-0.15, -0.1) is 0 Å². The number of rotatable bonds is 3. The van der Waals surface area contributed by atoms with Gasteiger partial charge in [0.1, 0.15) is 0 Å². The summed E-state index contributed by atoms with van der Waals surface area (Å²) in [6, 6.07) is 8.80. The van der Waals surface area contributed by atoms with Gasteiger partial charge in [-0.05, 0) is 59.2 Å². The fourth-order valence-corrected chi connectivity index (χ4v) is 2.76. The van der Waals surface area contributed by atoms with E-state index in [1.54, 1.807) is 0 Å². The van der Waals surface area contributed by atoms with Crippen molar-refractivity contribution in [3.63, 3.8) is 0 Å². The first-order valence-electron chi connectivity index (χ1n) is 6.18. The fourth-order valence-electron chi connectivity index (χ4n) is 2.40. The van der Waals surface area contributed by atoms with Crippen LogP contribution in [0, 0.1) is 9.49 Å². The third-order valence-corrected chi connectivity index (χ3v) is 4.31. The summed E-state index contributed by atoms with van der Waals surface area (Å²) in [5.41, 5.74) is 1.40. The summed E-state index contributed by atoms with van der Waals surface area (Å²) in [5.74, 6) is 0.688. The first-order chi connectivity index (χ1) is 8.19. The zero-order valence-corrected chi connectivity index (χ0v) is 12.7. The van der Waals surface area contributed by atoms with Gasteiger partial charge >= 0.3 is 0 Å². The molecular weight excluding hydrogens is 325 g/mol. The molecule has 1 aromatic rings. The van der Waals surface area contributed by atoms with Crippen molar-refractivity contribution in [2.24, 2.45) is 5.92 Å². The third kappa shape index (κ3) is 3.66. The molecule has 2 rings (SSSR count). The highest BCUT2D eigenvalue weighted by molar-refractivity contribution is 14.1. The van der Waals surface area contributed by atoms with E-state index in [2.05, 4.69) is 58.7 Å². The smallest absolute Gasteiger partial charge is 0.0724 e. The largest absolute Gasteiger partial charge is 0.380 e. The lowest BCUT2D eigenvalue weighted by atomic mass is 9.95. The highest BCUT2D eigenvalue weighted by atomic mass is 127. The van der Waals surface area contributed by atoms with E-state index in [-0.39, 0.29) is 0 Å². The Kier molecular flexibility index (Phi) is 4.82. The number of methoxy groups -OCH3 is 1. The second-order valence-corrected chi connectivity index (χ2v) is 6.15. The van der Waals surface area contributed by atoms with Crippen molar-refractivity contribution in [2.45, 2.75) is 26.0 Å². The van der Waals surface area contributed by atoms with Crippen LogP contribution in [0.15, 0.2) is 24.3 Å². The number of hydrogen-bond donors (Lipinski definition) is 0.